The Balaban J connectivity index is 2.94. The first-order chi connectivity index (χ1) is 7.37. The molecule has 0 aromatic heterocycles. The van der Waals surface area contributed by atoms with E-state index < -0.39 is 0 Å². The fourth-order valence-corrected chi connectivity index (χ4v) is 1.85. The normalized spacial score (nSPS) is 11.3. The lowest BCUT2D eigenvalue weighted by atomic mass is 10.0. The number of aryl methyl sites for hydroxylation is 1. The van der Waals surface area contributed by atoms with E-state index >= 15 is 0 Å². The third kappa shape index (κ3) is 3.18. The van der Waals surface area contributed by atoms with Crippen molar-refractivity contribution in [2.24, 2.45) is 5.73 Å². The molecular formula is C12H17IN2O. The summed E-state index contributed by atoms with van der Waals surface area (Å²) in [6, 6.07) is 5.71. The molecule has 0 aliphatic rings. The maximum absolute atomic E-state index is 12.0. The van der Waals surface area contributed by atoms with Crippen molar-refractivity contribution >= 4 is 28.5 Å². The number of rotatable bonds is 3. The van der Waals surface area contributed by atoms with Gasteiger partial charge in [-0.25, -0.2) is 0 Å². The Morgan fingerprint density at radius 1 is 1.50 bits per heavy atom. The van der Waals surface area contributed by atoms with E-state index in [0.717, 1.165) is 9.13 Å². The van der Waals surface area contributed by atoms with Crippen molar-refractivity contribution in [3.8, 4) is 0 Å². The van der Waals surface area contributed by atoms with E-state index in [1.807, 2.05) is 39.0 Å². The van der Waals surface area contributed by atoms with Gasteiger partial charge in [0.25, 0.3) is 5.91 Å². The number of benzene rings is 1. The molecule has 4 heteroatoms. The van der Waals surface area contributed by atoms with Gasteiger partial charge in [0.2, 0.25) is 0 Å². The second-order valence-corrected chi connectivity index (χ2v) is 5.56. The maximum atomic E-state index is 12.0. The molecule has 0 bridgehead atoms. The van der Waals surface area contributed by atoms with Gasteiger partial charge in [0, 0.05) is 15.7 Å². The smallest absolute Gasteiger partial charge is 0.252 e. The number of carbonyl (C=O) groups excluding carboxylic acids is 1. The zero-order chi connectivity index (χ0) is 12.3. The number of hydrogen-bond donors (Lipinski definition) is 2. The number of nitrogens with two attached hydrogens (primary N) is 1. The monoisotopic (exact) mass is 332 g/mol. The van der Waals surface area contributed by atoms with Crippen molar-refractivity contribution in [3.63, 3.8) is 0 Å². The predicted molar refractivity (Wildman–Crippen MR) is 74.5 cm³/mol. The number of halogens is 1. The minimum absolute atomic E-state index is 0.0662. The molecule has 0 heterocycles. The molecule has 1 amide bonds. The van der Waals surface area contributed by atoms with Crippen LogP contribution in [0.3, 0.4) is 0 Å². The van der Waals surface area contributed by atoms with E-state index in [0.29, 0.717) is 12.1 Å². The Labute approximate surface area is 110 Å². The van der Waals surface area contributed by atoms with E-state index in [1.165, 1.54) is 0 Å². The number of carbonyl (C=O) groups is 1. The molecular weight excluding hydrogens is 315 g/mol. The Morgan fingerprint density at radius 2 is 2.12 bits per heavy atom. The maximum Gasteiger partial charge on any atom is 0.252 e. The Bertz CT molecular complexity index is 402. The van der Waals surface area contributed by atoms with Gasteiger partial charge in [-0.2, -0.15) is 0 Å². The van der Waals surface area contributed by atoms with Crippen molar-refractivity contribution in [3.05, 3.63) is 32.9 Å². The first-order valence-corrected chi connectivity index (χ1v) is 6.23. The van der Waals surface area contributed by atoms with Crippen LogP contribution in [0.4, 0.5) is 0 Å². The van der Waals surface area contributed by atoms with Gasteiger partial charge >= 0.3 is 0 Å². The molecule has 16 heavy (non-hydrogen) atoms. The van der Waals surface area contributed by atoms with Crippen molar-refractivity contribution in [1.82, 2.24) is 5.32 Å². The van der Waals surface area contributed by atoms with E-state index in [1.54, 1.807) is 0 Å². The molecule has 0 aliphatic carbocycles. The number of amides is 1. The van der Waals surface area contributed by atoms with Crippen molar-refractivity contribution in [2.75, 3.05) is 6.54 Å². The number of nitrogens with one attached hydrogen (secondary N) is 1. The van der Waals surface area contributed by atoms with E-state index in [4.69, 9.17) is 5.73 Å². The number of hydrogen-bond acceptors (Lipinski definition) is 2. The molecule has 3 N–H and O–H groups in total. The van der Waals surface area contributed by atoms with Crippen molar-refractivity contribution in [2.45, 2.75) is 26.3 Å². The molecule has 0 spiro atoms. The zero-order valence-electron chi connectivity index (χ0n) is 9.80. The van der Waals surface area contributed by atoms with Gasteiger partial charge < -0.3 is 11.1 Å². The summed E-state index contributed by atoms with van der Waals surface area (Å²) in [6.45, 7) is 6.23. The van der Waals surface area contributed by atoms with Gasteiger partial charge in [0.15, 0.2) is 0 Å². The second kappa shape index (κ2) is 5.14. The molecule has 1 aromatic rings. The Morgan fingerprint density at radius 3 is 2.69 bits per heavy atom. The molecule has 0 atom stereocenters. The van der Waals surface area contributed by atoms with Crippen LogP contribution in [-0.4, -0.2) is 18.0 Å². The van der Waals surface area contributed by atoms with Crippen LogP contribution in [0, 0.1) is 10.5 Å². The fraction of sp³-hybridized carbons (Fsp3) is 0.417. The van der Waals surface area contributed by atoms with Crippen molar-refractivity contribution < 1.29 is 4.79 Å². The van der Waals surface area contributed by atoms with Crippen LogP contribution in [0.25, 0.3) is 0 Å². The first-order valence-electron chi connectivity index (χ1n) is 5.15. The Kier molecular flexibility index (Phi) is 4.32. The highest BCUT2D eigenvalue weighted by atomic mass is 127. The van der Waals surface area contributed by atoms with Gasteiger partial charge in [-0.15, -0.1) is 0 Å². The minimum Gasteiger partial charge on any atom is -0.346 e. The van der Waals surface area contributed by atoms with Gasteiger partial charge in [0.05, 0.1) is 5.56 Å². The molecule has 0 fully saturated rings. The average molecular weight is 332 g/mol. The average Bonchev–Trinajstić information content (AvgIpc) is 2.21. The van der Waals surface area contributed by atoms with Crippen LogP contribution in [0.1, 0.15) is 29.8 Å². The third-order valence-corrected chi connectivity index (χ3v) is 3.83. The summed E-state index contributed by atoms with van der Waals surface area (Å²) in [5, 5.41) is 2.92. The SMILES string of the molecule is Cc1cccc(C(=O)NC(C)(C)CN)c1I. The van der Waals surface area contributed by atoms with E-state index in [-0.39, 0.29) is 11.4 Å². The molecule has 0 saturated carbocycles. The summed E-state index contributed by atoms with van der Waals surface area (Å²) in [5.41, 5.74) is 7.03. The summed E-state index contributed by atoms with van der Waals surface area (Å²) in [4.78, 5) is 12.0. The van der Waals surface area contributed by atoms with Crippen LogP contribution in [0.5, 0.6) is 0 Å². The van der Waals surface area contributed by atoms with E-state index in [9.17, 15) is 4.79 Å². The third-order valence-electron chi connectivity index (χ3n) is 2.40. The summed E-state index contributed by atoms with van der Waals surface area (Å²) >= 11 is 2.19. The molecule has 1 rings (SSSR count). The van der Waals surface area contributed by atoms with Gasteiger partial charge in [0.1, 0.15) is 0 Å². The lowest BCUT2D eigenvalue weighted by molar-refractivity contribution is 0.0914. The lowest BCUT2D eigenvalue weighted by Crippen LogP contribution is -2.49. The summed E-state index contributed by atoms with van der Waals surface area (Å²) < 4.78 is 0.991. The predicted octanol–water partition coefficient (Wildman–Crippen LogP) is 2.07. The topological polar surface area (TPSA) is 55.1 Å². The largest absolute Gasteiger partial charge is 0.346 e. The highest BCUT2D eigenvalue weighted by Gasteiger charge is 2.20. The van der Waals surface area contributed by atoms with Gasteiger partial charge in [-0.05, 0) is 55.0 Å². The van der Waals surface area contributed by atoms with Gasteiger partial charge in [-0.3, -0.25) is 4.79 Å². The molecule has 0 radical (unpaired) electrons. The lowest BCUT2D eigenvalue weighted by Gasteiger charge is -2.24. The van der Waals surface area contributed by atoms with Crippen LogP contribution in [0.15, 0.2) is 18.2 Å². The second-order valence-electron chi connectivity index (χ2n) is 4.48. The van der Waals surface area contributed by atoms with Gasteiger partial charge in [-0.1, -0.05) is 12.1 Å². The molecule has 1 aromatic carbocycles. The zero-order valence-corrected chi connectivity index (χ0v) is 12.0. The molecule has 0 aliphatic heterocycles. The quantitative estimate of drug-likeness (QED) is 0.833. The first kappa shape index (κ1) is 13.4. The summed E-state index contributed by atoms with van der Waals surface area (Å²) in [6.07, 6.45) is 0. The summed E-state index contributed by atoms with van der Waals surface area (Å²) in [5.74, 6) is -0.0662. The van der Waals surface area contributed by atoms with Crippen LogP contribution < -0.4 is 11.1 Å². The standard InChI is InChI=1S/C12H17IN2O/c1-8-5-4-6-9(10(8)13)11(16)15-12(2,3)7-14/h4-6H,7,14H2,1-3H3,(H,15,16). The highest BCUT2D eigenvalue weighted by Crippen LogP contribution is 2.17. The van der Waals surface area contributed by atoms with Crippen LogP contribution in [-0.2, 0) is 0 Å². The van der Waals surface area contributed by atoms with Crippen LogP contribution >= 0.6 is 22.6 Å². The minimum atomic E-state index is -0.371. The van der Waals surface area contributed by atoms with E-state index in [2.05, 4.69) is 27.9 Å². The Hall–Kier alpha value is -0.620. The molecule has 0 saturated heterocycles. The van der Waals surface area contributed by atoms with Crippen molar-refractivity contribution in [1.29, 1.82) is 0 Å². The van der Waals surface area contributed by atoms with Crippen LogP contribution in [0.2, 0.25) is 0 Å². The molecule has 88 valence electrons. The molecule has 3 nitrogen and oxygen atoms in total. The highest BCUT2D eigenvalue weighted by molar-refractivity contribution is 14.1. The summed E-state index contributed by atoms with van der Waals surface area (Å²) in [7, 11) is 0. The fourth-order valence-electron chi connectivity index (χ4n) is 1.25. The molecule has 0 unspecified atom stereocenters.